The molecule has 0 saturated heterocycles. The molecule has 4 aromatic carbocycles. The van der Waals surface area contributed by atoms with Crippen molar-refractivity contribution >= 4 is 8.78 Å². The fraction of sp³-hybridized carbons (Fsp3) is 0.147. The standard InChI is InChI=1S/C21H19.C13H10.Zr/c1-13-14(2)20(16-8-4-5-9-16)19-12-17-10-6-7-11-18(17)21(19)15(13)3;1-3-7-12(8-4-1)11-13-9-5-2-6-10-13;/h4-8,10-12H,9H2,1-3H3;1-10H;. The van der Waals surface area contributed by atoms with E-state index in [1.807, 2.05) is 0 Å². The van der Waals surface area contributed by atoms with Gasteiger partial charge in [-0.1, -0.05) is 0 Å². The Hall–Kier alpha value is -2.89. The summed E-state index contributed by atoms with van der Waals surface area (Å²) in [6, 6.07) is 31.5. The second-order valence-corrected chi connectivity index (χ2v) is 13.0. The molecule has 0 heterocycles. The minimum atomic E-state index is -1.12. The number of fused-ring (bicyclic) bond motifs is 3. The molecule has 4 aromatic rings. The van der Waals surface area contributed by atoms with Gasteiger partial charge in [-0.15, -0.1) is 0 Å². The van der Waals surface area contributed by atoms with Crippen molar-refractivity contribution in [2.24, 2.45) is 0 Å². The van der Waals surface area contributed by atoms with E-state index in [1.54, 1.807) is 14.3 Å². The number of benzene rings is 4. The van der Waals surface area contributed by atoms with Gasteiger partial charge in [0.2, 0.25) is 0 Å². The van der Waals surface area contributed by atoms with Gasteiger partial charge in [-0.2, -0.15) is 0 Å². The van der Waals surface area contributed by atoms with Gasteiger partial charge in [0, 0.05) is 0 Å². The Morgan fingerprint density at radius 1 is 0.686 bits per heavy atom. The van der Waals surface area contributed by atoms with Gasteiger partial charge in [0.1, 0.15) is 0 Å². The Morgan fingerprint density at radius 2 is 1.29 bits per heavy atom. The molecule has 0 fully saturated rings. The molecular weight excluding hydrogens is 500 g/mol. The Kier molecular flexibility index (Phi) is 5.99. The molecule has 0 spiro atoms. The molecule has 0 aromatic heterocycles. The predicted octanol–water partition coefficient (Wildman–Crippen LogP) is 8.38. The summed E-state index contributed by atoms with van der Waals surface area (Å²) in [5.74, 6) is 0. The molecule has 0 bridgehead atoms. The summed E-state index contributed by atoms with van der Waals surface area (Å²) >= 11 is -1.12. The summed E-state index contributed by atoms with van der Waals surface area (Å²) in [4.78, 5) is 0. The van der Waals surface area contributed by atoms with E-state index in [1.165, 1.54) is 50.1 Å². The average Bonchev–Trinajstić information content (AvgIpc) is 3.54. The first-order chi connectivity index (χ1) is 17.1. The van der Waals surface area contributed by atoms with Crippen LogP contribution in [0.3, 0.4) is 0 Å². The molecule has 6 rings (SSSR count). The van der Waals surface area contributed by atoms with Crippen LogP contribution >= 0.6 is 0 Å². The summed E-state index contributed by atoms with van der Waals surface area (Å²) in [7, 11) is 0. The Labute approximate surface area is 220 Å². The van der Waals surface area contributed by atoms with Crippen molar-refractivity contribution in [3.63, 3.8) is 0 Å². The third-order valence-electron chi connectivity index (χ3n) is 7.75. The van der Waals surface area contributed by atoms with Crippen molar-refractivity contribution < 1.29 is 22.8 Å². The van der Waals surface area contributed by atoms with Crippen molar-refractivity contribution in [3.05, 3.63) is 148 Å². The average molecular weight is 529 g/mol. The third kappa shape index (κ3) is 3.82. The molecule has 2 aliphatic rings. The molecule has 1 unspecified atom stereocenters. The van der Waals surface area contributed by atoms with E-state index < -0.39 is 22.8 Å². The van der Waals surface area contributed by atoms with E-state index in [4.69, 9.17) is 0 Å². The van der Waals surface area contributed by atoms with Crippen LogP contribution in [-0.4, -0.2) is 3.21 Å². The summed E-state index contributed by atoms with van der Waals surface area (Å²) in [6.45, 7) is 7.01. The van der Waals surface area contributed by atoms with Gasteiger partial charge in [0.15, 0.2) is 0 Å². The number of hydrogen-bond acceptors (Lipinski definition) is 0. The van der Waals surface area contributed by atoms with Crippen LogP contribution in [0.4, 0.5) is 0 Å². The van der Waals surface area contributed by atoms with Crippen LogP contribution in [0.15, 0.2) is 103 Å². The number of hydrogen-bond donors (Lipinski definition) is 0. The van der Waals surface area contributed by atoms with Crippen LogP contribution in [-0.2, 0) is 22.8 Å². The van der Waals surface area contributed by atoms with Gasteiger partial charge in [0.05, 0.1) is 0 Å². The summed E-state index contributed by atoms with van der Waals surface area (Å²) in [6.07, 6.45) is 7.93. The first-order valence-electron chi connectivity index (χ1n) is 12.5. The van der Waals surface area contributed by atoms with Crippen LogP contribution in [0.5, 0.6) is 0 Å². The molecule has 0 saturated carbocycles. The second kappa shape index (κ2) is 9.29. The second-order valence-electron chi connectivity index (χ2n) is 9.63. The molecule has 0 N–H and O–H groups in total. The van der Waals surface area contributed by atoms with E-state index in [9.17, 15) is 0 Å². The maximum absolute atomic E-state index is 2.41. The third-order valence-corrected chi connectivity index (χ3v) is 12.1. The van der Waals surface area contributed by atoms with E-state index in [-0.39, 0.29) is 0 Å². The zero-order valence-corrected chi connectivity index (χ0v) is 23.1. The van der Waals surface area contributed by atoms with E-state index in [0.29, 0.717) is 3.63 Å². The Balaban J connectivity index is 1.68. The SMILES string of the molecule is Cc1c(C)c(C2=CC=CC2)c2c(c1C)-c1ccccc1[CH]2[Zr]=[C](c1ccccc1)c1ccccc1. The molecule has 2 aliphatic carbocycles. The quantitative estimate of drug-likeness (QED) is 0.250. The molecule has 35 heavy (non-hydrogen) atoms. The van der Waals surface area contributed by atoms with Crippen molar-refractivity contribution in [2.45, 2.75) is 30.8 Å². The van der Waals surface area contributed by atoms with Gasteiger partial charge in [-0.3, -0.25) is 0 Å². The molecule has 1 heteroatoms. The van der Waals surface area contributed by atoms with Crippen molar-refractivity contribution in [1.29, 1.82) is 0 Å². The molecule has 0 nitrogen and oxygen atoms in total. The molecule has 0 amide bonds. The molecule has 169 valence electrons. The maximum atomic E-state index is 2.41. The molecule has 0 radical (unpaired) electrons. The summed E-state index contributed by atoms with van der Waals surface area (Å²) in [5, 5.41) is 0. The Morgan fingerprint density at radius 3 is 1.91 bits per heavy atom. The van der Waals surface area contributed by atoms with E-state index >= 15 is 0 Å². The zero-order valence-electron chi connectivity index (χ0n) is 20.6. The van der Waals surface area contributed by atoms with Gasteiger partial charge in [0.25, 0.3) is 0 Å². The van der Waals surface area contributed by atoms with Gasteiger partial charge < -0.3 is 0 Å². The van der Waals surface area contributed by atoms with Gasteiger partial charge in [-0.25, -0.2) is 0 Å². The van der Waals surface area contributed by atoms with Crippen LogP contribution in [0.2, 0.25) is 0 Å². The fourth-order valence-corrected chi connectivity index (χ4v) is 10.3. The minimum absolute atomic E-state index is 0.495. The zero-order chi connectivity index (χ0) is 23.9. The monoisotopic (exact) mass is 527 g/mol. The van der Waals surface area contributed by atoms with E-state index in [0.717, 1.165) is 6.42 Å². The molecule has 0 aliphatic heterocycles. The summed E-state index contributed by atoms with van der Waals surface area (Å²) in [5.41, 5.74) is 16.3. The fourth-order valence-electron chi connectivity index (χ4n) is 5.84. The number of allylic oxidation sites excluding steroid dienone is 4. The van der Waals surface area contributed by atoms with Crippen molar-refractivity contribution in [1.82, 2.24) is 0 Å². The van der Waals surface area contributed by atoms with Crippen LogP contribution in [0, 0.1) is 20.8 Å². The number of rotatable bonds is 4. The first kappa shape index (κ1) is 22.6. The predicted molar refractivity (Wildman–Crippen MR) is 146 cm³/mol. The summed E-state index contributed by atoms with van der Waals surface area (Å²) < 4.78 is 2.08. The normalized spacial score (nSPS) is 15.4. The van der Waals surface area contributed by atoms with Crippen LogP contribution in [0.25, 0.3) is 16.7 Å². The van der Waals surface area contributed by atoms with Gasteiger partial charge >= 0.3 is 221 Å². The molecule has 1 atom stereocenters. The topological polar surface area (TPSA) is 0 Å². The van der Waals surface area contributed by atoms with Gasteiger partial charge in [-0.05, 0) is 0 Å². The van der Waals surface area contributed by atoms with Crippen LogP contribution in [0.1, 0.15) is 54.6 Å². The van der Waals surface area contributed by atoms with Crippen molar-refractivity contribution in [3.8, 4) is 11.1 Å². The van der Waals surface area contributed by atoms with Crippen LogP contribution < -0.4 is 0 Å². The molecular formula is C34H29Zr. The van der Waals surface area contributed by atoms with Crippen molar-refractivity contribution in [2.75, 3.05) is 0 Å². The van der Waals surface area contributed by atoms with E-state index in [2.05, 4.69) is 124 Å². The first-order valence-corrected chi connectivity index (χ1v) is 15.1. The Bertz CT molecular complexity index is 1480.